The Morgan fingerprint density at radius 1 is 0.926 bits per heavy atom. The normalized spacial score (nSPS) is 19.7. The SMILES string of the molecule is N#Cc1ccc(C[NH+]2CC[NH+](Cc3cc4ccccc4nc3Cl)CC2)cc1. The van der Waals surface area contributed by atoms with Gasteiger partial charge in [0.1, 0.15) is 44.4 Å². The predicted octanol–water partition coefficient (Wildman–Crippen LogP) is 1.24. The highest BCUT2D eigenvalue weighted by Crippen LogP contribution is 2.19. The number of fused-ring (bicyclic) bond motifs is 1. The Hall–Kier alpha value is -2.45. The molecule has 2 N–H and O–H groups in total. The third-order valence-corrected chi connectivity index (χ3v) is 5.72. The first-order chi connectivity index (χ1) is 13.2. The van der Waals surface area contributed by atoms with Crippen molar-refractivity contribution < 1.29 is 9.80 Å². The maximum absolute atomic E-state index is 8.91. The number of pyridine rings is 1. The van der Waals surface area contributed by atoms with Gasteiger partial charge < -0.3 is 9.80 Å². The molecule has 0 unspecified atom stereocenters. The number of piperazine rings is 1. The molecule has 1 saturated heterocycles. The number of hydrogen-bond acceptors (Lipinski definition) is 2. The molecule has 0 bridgehead atoms. The summed E-state index contributed by atoms with van der Waals surface area (Å²) in [6, 6.07) is 20.5. The molecule has 1 aliphatic rings. The highest BCUT2D eigenvalue weighted by atomic mass is 35.5. The van der Waals surface area contributed by atoms with E-state index in [0.717, 1.165) is 61.3 Å². The Labute approximate surface area is 164 Å². The number of nitriles is 1. The Morgan fingerprint density at radius 3 is 2.30 bits per heavy atom. The van der Waals surface area contributed by atoms with Crippen molar-refractivity contribution in [3.63, 3.8) is 0 Å². The first-order valence-corrected chi connectivity index (χ1v) is 9.79. The number of halogens is 1. The van der Waals surface area contributed by atoms with Crippen LogP contribution in [0.25, 0.3) is 10.9 Å². The average Bonchev–Trinajstić information content (AvgIpc) is 2.70. The van der Waals surface area contributed by atoms with E-state index >= 15 is 0 Å². The maximum atomic E-state index is 8.91. The number of rotatable bonds is 4. The van der Waals surface area contributed by atoms with Gasteiger partial charge in [0.25, 0.3) is 0 Å². The predicted molar refractivity (Wildman–Crippen MR) is 107 cm³/mol. The minimum absolute atomic E-state index is 0.633. The third kappa shape index (κ3) is 4.28. The lowest BCUT2D eigenvalue weighted by molar-refractivity contribution is -1.02. The zero-order valence-electron chi connectivity index (χ0n) is 15.2. The Bertz CT molecular complexity index is 970. The first-order valence-electron chi connectivity index (χ1n) is 9.41. The average molecular weight is 379 g/mol. The van der Waals surface area contributed by atoms with Gasteiger partial charge in [-0.15, -0.1) is 0 Å². The molecule has 0 aliphatic carbocycles. The van der Waals surface area contributed by atoms with Gasteiger partial charge in [0.15, 0.2) is 0 Å². The highest BCUT2D eigenvalue weighted by Gasteiger charge is 2.24. The van der Waals surface area contributed by atoms with Gasteiger partial charge in [0.2, 0.25) is 0 Å². The third-order valence-electron chi connectivity index (χ3n) is 5.39. The van der Waals surface area contributed by atoms with E-state index in [1.807, 2.05) is 30.3 Å². The van der Waals surface area contributed by atoms with Crippen LogP contribution >= 0.6 is 11.6 Å². The molecule has 1 fully saturated rings. The molecule has 2 heterocycles. The smallest absolute Gasteiger partial charge is 0.138 e. The monoisotopic (exact) mass is 378 g/mol. The van der Waals surface area contributed by atoms with Gasteiger partial charge in [-0.3, -0.25) is 0 Å². The van der Waals surface area contributed by atoms with Crippen LogP contribution in [0.4, 0.5) is 0 Å². The molecule has 0 saturated carbocycles. The highest BCUT2D eigenvalue weighted by molar-refractivity contribution is 6.30. The zero-order valence-corrected chi connectivity index (χ0v) is 16.0. The van der Waals surface area contributed by atoms with Crippen molar-refractivity contribution in [2.45, 2.75) is 13.1 Å². The summed E-state index contributed by atoms with van der Waals surface area (Å²) >= 11 is 6.43. The topological polar surface area (TPSA) is 45.6 Å². The lowest BCUT2D eigenvalue weighted by atomic mass is 10.1. The summed E-state index contributed by atoms with van der Waals surface area (Å²) in [7, 11) is 0. The fraction of sp³-hybridized carbons (Fsp3) is 0.273. The van der Waals surface area contributed by atoms with Gasteiger partial charge in [-0.05, 0) is 24.3 Å². The fourth-order valence-corrected chi connectivity index (χ4v) is 4.04. The molecule has 1 aliphatic heterocycles. The van der Waals surface area contributed by atoms with Crippen molar-refractivity contribution in [2.75, 3.05) is 26.2 Å². The van der Waals surface area contributed by atoms with Gasteiger partial charge >= 0.3 is 0 Å². The van der Waals surface area contributed by atoms with E-state index in [4.69, 9.17) is 16.9 Å². The maximum Gasteiger partial charge on any atom is 0.138 e. The lowest BCUT2D eigenvalue weighted by Crippen LogP contribution is -3.27. The number of para-hydroxylation sites is 1. The molecular weight excluding hydrogens is 356 g/mol. The van der Waals surface area contributed by atoms with Crippen molar-refractivity contribution in [3.8, 4) is 6.07 Å². The molecule has 3 aromatic rings. The number of hydrogen-bond donors (Lipinski definition) is 2. The van der Waals surface area contributed by atoms with Crippen LogP contribution in [0.5, 0.6) is 0 Å². The Balaban J connectivity index is 1.35. The van der Waals surface area contributed by atoms with E-state index in [1.54, 1.807) is 9.80 Å². The van der Waals surface area contributed by atoms with Crippen molar-refractivity contribution in [2.24, 2.45) is 0 Å². The second-order valence-electron chi connectivity index (χ2n) is 7.29. The minimum atomic E-state index is 0.633. The van der Waals surface area contributed by atoms with Gasteiger partial charge in [0.05, 0.1) is 17.1 Å². The molecule has 0 amide bonds. The van der Waals surface area contributed by atoms with Crippen molar-refractivity contribution >= 4 is 22.5 Å². The molecule has 5 heteroatoms. The van der Waals surface area contributed by atoms with Crippen molar-refractivity contribution in [3.05, 3.63) is 76.4 Å². The molecule has 136 valence electrons. The Morgan fingerprint density at radius 2 is 1.59 bits per heavy atom. The van der Waals surface area contributed by atoms with Gasteiger partial charge in [0, 0.05) is 16.5 Å². The largest absolute Gasteiger partial charge is 0.322 e. The number of nitrogens with one attached hydrogen (secondary N) is 2. The van der Waals surface area contributed by atoms with Crippen LogP contribution < -0.4 is 9.80 Å². The van der Waals surface area contributed by atoms with Crippen LogP contribution in [0, 0.1) is 11.3 Å². The molecule has 1 aromatic heterocycles. The van der Waals surface area contributed by atoms with Crippen molar-refractivity contribution in [1.82, 2.24) is 4.98 Å². The fourth-order valence-electron chi connectivity index (χ4n) is 3.83. The minimum Gasteiger partial charge on any atom is -0.322 e. The number of benzene rings is 2. The summed E-state index contributed by atoms with van der Waals surface area (Å²) in [5.74, 6) is 0. The van der Waals surface area contributed by atoms with Crippen LogP contribution in [0.15, 0.2) is 54.6 Å². The molecule has 0 radical (unpaired) electrons. The van der Waals surface area contributed by atoms with E-state index in [-0.39, 0.29) is 0 Å². The molecule has 4 nitrogen and oxygen atoms in total. The number of aromatic nitrogens is 1. The summed E-state index contributed by atoms with van der Waals surface area (Å²) in [4.78, 5) is 7.72. The van der Waals surface area contributed by atoms with Gasteiger partial charge in [-0.1, -0.05) is 41.9 Å². The standard InChI is InChI=1S/C22H21ClN4/c23-22-20(13-19-3-1-2-4-21(19)25-22)16-27-11-9-26(10-12-27)15-18-7-5-17(14-24)6-8-18/h1-8,13H,9-12,15-16H2/p+2. The van der Waals surface area contributed by atoms with Crippen LogP contribution in [0.2, 0.25) is 5.15 Å². The second-order valence-corrected chi connectivity index (χ2v) is 7.65. The van der Waals surface area contributed by atoms with E-state index in [9.17, 15) is 0 Å². The van der Waals surface area contributed by atoms with Crippen LogP contribution in [0.1, 0.15) is 16.7 Å². The van der Waals surface area contributed by atoms with E-state index in [2.05, 4.69) is 35.3 Å². The lowest BCUT2D eigenvalue weighted by Gasteiger charge is -2.30. The van der Waals surface area contributed by atoms with Crippen LogP contribution in [-0.4, -0.2) is 31.2 Å². The van der Waals surface area contributed by atoms with Crippen molar-refractivity contribution in [1.29, 1.82) is 5.26 Å². The molecule has 27 heavy (non-hydrogen) atoms. The van der Waals surface area contributed by atoms with Crippen LogP contribution in [-0.2, 0) is 13.1 Å². The van der Waals surface area contributed by atoms with Crippen LogP contribution in [0.3, 0.4) is 0 Å². The summed E-state index contributed by atoms with van der Waals surface area (Å²) in [5.41, 5.74) is 4.12. The Kier molecular flexibility index (Phi) is 5.35. The molecule has 4 rings (SSSR count). The zero-order chi connectivity index (χ0) is 18.6. The summed E-state index contributed by atoms with van der Waals surface area (Å²) in [5, 5.41) is 10.7. The first kappa shape index (κ1) is 17.9. The number of quaternary nitrogens is 2. The molecular formula is C22H23ClN4+2. The van der Waals surface area contributed by atoms with Gasteiger partial charge in [-0.25, -0.2) is 4.98 Å². The molecule has 0 atom stereocenters. The van der Waals surface area contributed by atoms with Gasteiger partial charge in [-0.2, -0.15) is 5.26 Å². The van der Waals surface area contributed by atoms with E-state index < -0.39 is 0 Å². The second kappa shape index (κ2) is 8.06. The summed E-state index contributed by atoms with van der Waals surface area (Å²) in [6.45, 7) is 6.52. The summed E-state index contributed by atoms with van der Waals surface area (Å²) < 4.78 is 0. The summed E-state index contributed by atoms with van der Waals surface area (Å²) in [6.07, 6.45) is 0. The quantitative estimate of drug-likeness (QED) is 0.671. The van der Waals surface area contributed by atoms with E-state index in [1.165, 1.54) is 5.56 Å². The van der Waals surface area contributed by atoms with E-state index in [0.29, 0.717) is 5.15 Å². The molecule has 2 aromatic carbocycles. The number of nitrogens with zero attached hydrogens (tertiary/aromatic N) is 2. The molecule has 0 spiro atoms.